The summed E-state index contributed by atoms with van der Waals surface area (Å²) in [7, 11) is 0. The zero-order valence-corrected chi connectivity index (χ0v) is 16.1. The van der Waals surface area contributed by atoms with Gasteiger partial charge >= 0.3 is 6.18 Å². The van der Waals surface area contributed by atoms with Gasteiger partial charge in [-0.15, -0.1) is 11.3 Å². The molecular weight excluding hydrogens is 409 g/mol. The molecule has 28 heavy (non-hydrogen) atoms. The van der Waals surface area contributed by atoms with E-state index >= 15 is 0 Å². The Bertz CT molecular complexity index is 1160. The molecule has 1 amide bonds. The molecule has 0 saturated carbocycles. The summed E-state index contributed by atoms with van der Waals surface area (Å²) >= 11 is 2.61. The minimum absolute atomic E-state index is 0.153. The SMILES string of the molecule is Cc1cccc2sc(NC(=O)c3cc(Cn4ccc(C(F)(F)F)n4)cs3)nc12. The quantitative estimate of drug-likeness (QED) is 0.493. The molecule has 0 unspecified atom stereocenters. The van der Waals surface area contributed by atoms with Crippen molar-refractivity contribution in [3.8, 4) is 0 Å². The number of rotatable bonds is 4. The van der Waals surface area contributed by atoms with E-state index in [1.165, 1.54) is 33.6 Å². The fraction of sp³-hybridized carbons (Fsp3) is 0.167. The summed E-state index contributed by atoms with van der Waals surface area (Å²) in [5, 5.41) is 8.54. The van der Waals surface area contributed by atoms with Crippen molar-refractivity contribution in [1.29, 1.82) is 0 Å². The molecule has 1 aromatic carbocycles. The van der Waals surface area contributed by atoms with E-state index in [1.807, 2.05) is 25.1 Å². The van der Waals surface area contributed by atoms with Crippen LogP contribution in [0.3, 0.4) is 0 Å². The van der Waals surface area contributed by atoms with Gasteiger partial charge in [-0.2, -0.15) is 18.3 Å². The lowest BCUT2D eigenvalue weighted by atomic mass is 10.2. The molecule has 1 N–H and O–H groups in total. The minimum Gasteiger partial charge on any atom is -0.297 e. The third-order valence-electron chi connectivity index (χ3n) is 3.99. The molecule has 0 aliphatic carbocycles. The van der Waals surface area contributed by atoms with Crippen LogP contribution in [-0.4, -0.2) is 20.7 Å². The van der Waals surface area contributed by atoms with Crippen molar-refractivity contribution in [2.75, 3.05) is 5.32 Å². The summed E-state index contributed by atoms with van der Waals surface area (Å²) in [5.74, 6) is -0.301. The number of carbonyl (C=O) groups is 1. The highest BCUT2D eigenvalue weighted by Gasteiger charge is 2.33. The first-order chi connectivity index (χ1) is 13.3. The van der Waals surface area contributed by atoms with E-state index in [2.05, 4.69) is 15.4 Å². The van der Waals surface area contributed by atoms with Gasteiger partial charge in [0, 0.05) is 6.20 Å². The molecule has 0 aliphatic rings. The predicted octanol–water partition coefficient (Wildman–Crippen LogP) is 5.18. The molecule has 10 heteroatoms. The van der Waals surface area contributed by atoms with Crippen LogP contribution < -0.4 is 5.32 Å². The van der Waals surface area contributed by atoms with Gasteiger partial charge in [0.25, 0.3) is 5.91 Å². The number of nitrogens with one attached hydrogen (secondary N) is 1. The third kappa shape index (κ3) is 3.78. The molecule has 144 valence electrons. The maximum atomic E-state index is 12.6. The lowest BCUT2D eigenvalue weighted by Crippen LogP contribution is -2.10. The van der Waals surface area contributed by atoms with E-state index in [0.29, 0.717) is 15.6 Å². The van der Waals surface area contributed by atoms with Crippen molar-refractivity contribution in [2.45, 2.75) is 19.6 Å². The number of nitrogens with zero attached hydrogens (tertiary/aromatic N) is 3. The van der Waals surface area contributed by atoms with E-state index in [4.69, 9.17) is 0 Å². The average Bonchev–Trinajstić information content (AvgIpc) is 3.34. The van der Waals surface area contributed by atoms with Gasteiger partial charge in [-0.25, -0.2) is 4.98 Å². The van der Waals surface area contributed by atoms with Crippen LogP contribution in [0.15, 0.2) is 41.9 Å². The number of amides is 1. The normalized spacial score (nSPS) is 11.9. The largest absolute Gasteiger partial charge is 0.435 e. The number of benzene rings is 1. The maximum absolute atomic E-state index is 12.6. The van der Waals surface area contributed by atoms with E-state index in [-0.39, 0.29) is 12.5 Å². The van der Waals surface area contributed by atoms with E-state index < -0.39 is 11.9 Å². The smallest absolute Gasteiger partial charge is 0.297 e. The fourth-order valence-corrected chi connectivity index (χ4v) is 4.40. The van der Waals surface area contributed by atoms with Crippen LogP contribution in [0.25, 0.3) is 10.2 Å². The van der Waals surface area contributed by atoms with Gasteiger partial charge in [-0.3, -0.25) is 14.8 Å². The van der Waals surface area contributed by atoms with Crippen LogP contribution in [0, 0.1) is 6.92 Å². The van der Waals surface area contributed by atoms with Crippen molar-refractivity contribution >= 4 is 43.9 Å². The van der Waals surface area contributed by atoms with Gasteiger partial charge in [0.15, 0.2) is 10.8 Å². The Morgan fingerprint density at radius 2 is 2.11 bits per heavy atom. The number of thiazole rings is 1. The molecule has 3 aromatic heterocycles. The number of para-hydroxylation sites is 1. The molecule has 0 aliphatic heterocycles. The van der Waals surface area contributed by atoms with E-state index in [9.17, 15) is 18.0 Å². The highest BCUT2D eigenvalue weighted by Crippen LogP contribution is 2.29. The molecule has 0 saturated heterocycles. The molecule has 4 rings (SSSR count). The molecule has 0 spiro atoms. The van der Waals surface area contributed by atoms with Crippen LogP contribution in [0.5, 0.6) is 0 Å². The van der Waals surface area contributed by atoms with E-state index in [1.54, 1.807) is 11.4 Å². The van der Waals surface area contributed by atoms with Gasteiger partial charge < -0.3 is 0 Å². The lowest BCUT2D eigenvalue weighted by molar-refractivity contribution is -0.141. The molecule has 0 bridgehead atoms. The Morgan fingerprint density at radius 3 is 2.82 bits per heavy atom. The molecule has 0 atom stereocenters. The summed E-state index contributed by atoms with van der Waals surface area (Å²) in [4.78, 5) is 17.4. The second-order valence-corrected chi connectivity index (χ2v) is 8.05. The number of thiophene rings is 1. The monoisotopic (exact) mass is 422 g/mol. The number of fused-ring (bicyclic) bond motifs is 1. The van der Waals surface area contributed by atoms with Crippen LogP contribution in [0.2, 0.25) is 0 Å². The standard InChI is InChI=1S/C18H13F3N4OS2/c1-10-3-2-4-12-15(10)22-17(28-12)23-16(26)13-7-11(9-27-13)8-25-6-5-14(24-25)18(19,20)21/h2-7,9H,8H2,1H3,(H,22,23,26). The number of hydrogen-bond donors (Lipinski definition) is 1. The van der Waals surface area contributed by atoms with Gasteiger partial charge in [0.1, 0.15) is 0 Å². The van der Waals surface area contributed by atoms with Gasteiger partial charge in [0.2, 0.25) is 0 Å². The number of hydrogen-bond acceptors (Lipinski definition) is 5. The lowest BCUT2D eigenvalue weighted by Gasteiger charge is -2.01. The van der Waals surface area contributed by atoms with Crippen molar-refractivity contribution in [2.24, 2.45) is 0 Å². The number of aromatic nitrogens is 3. The number of anilines is 1. The first kappa shape index (κ1) is 18.6. The summed E-state index contributed by atoms with van der Waals surface area (Å²) in [6.07, 6.45) is -3.20. The molecular formula is C18H13F3N4OS2. The minimum atomic E-state index is -4.47. The topological polar surface area (TPSA) is 59.8 Å². The van der Waals surface area contributed by atoms with Gasteiger partial charge in [0.05, 0.1) is 21.6 Å². The Hall–Kier alpha value is -2.72. The average molecular weight is 422 g/mol. The Morgan fingerprint density at radius 1 is 1.29 bits per heavy atom. The molecule has 0 radical (unpaired) electrons. The maximum Gasteiger partial charge on any atom is 0.435 e. The van der Waals surface area contributed by atoms with Crippen LogP contribution in [0.4, 0.5) is 18.3 Å². The molecule has 5 nitrogen and oxygen atoms in total. The van der Waals surface area contributed by atoms with Gasteiger partial charge in [-0.05, 0) is 41.6 Å². The Balaban J connectivity index is 1.46. The van der Waals surface area contributed by atoms with Crippen LogP contribution >= 0.6 is 22.7 Å². The van der Waals surface area contributed by atoms with Crippen molar-refractivity contribution in [3.05, 3.63) is 63.6 Å². The first-order valence-electron chi connectivity index (χ1n) is 8.15. The highest BCUT2D eigenvalue weighted by molar-refractivity contribution is 7.22. The predicted molar refractivity (Wildman–Crippen MR) is 103 cm³/mol. The van der Waals surface area contributed by atoms with Gasteiger partial charge in [-0.1, -0.05) is 23.5 Å². The van der Waals surface area contributed by atoms with Crippen molar-refractivity contribution in [3.63, 3.8) is 0 Å². The number of alkyl halides is 3. The van der Waals surface area contributed by atoms with Crippen LogP contribution in [-0.2, 0) is 12.7 Å². The number of halogens is 3. The molecule has 3 heterocycles. The summed E-state index contributed by atoms with van der Waals surface area (Å²) in [6.45, 7) is 2.11. The molecule has 0 fully saturated rings. The summed E-state index contributed by atoms with van der Waals surface area (Å²) in [5.41, 5.74) is 1.65. The van der Waals surface area contributed by atoms with E-state index in [0.717, 1.165) is 21.8 Å². The third-order valence-corrected chi connectivity index (χ3v) is 5.91. The Kier molecular flexibility index (Phi) is 4.68. The highest BCUT2D eigenvalue weighted by atomic mass is 32.1. The number of carbonyl (C=O) groups excluding carboxylic acids is 1. The zero-order valence-electron chi connectivity index (χ0n) is 14.4. The second-order valence-electron chi connectivity index (χ2n) is 6.11. The summed E-state index contributed by atoms with van der Waals surface area (Å²) < 4.78 is 40.1. The van der Waals surface area contributed by atoms with Crippen molar-refractivity contribution in [1.82, 2.24) is 14.8 Å². The van der Waals surface area contributed by atoms with Crippen LogP contribution in [0.1, 0.15) is 26.5 Å². The molecule has 4 aromatic rings. The second kappa shape index (κ2) is 7.02. The Labute approximate surface area is 165 Å². The summed E-state index contributed by atoms with van der Waals surface area (Å²) in [6, 6.07) is 8.41. The first-order valence-corrected chi connectivity index (χ1v) is 9.85. The van der Waals surface area contributed by atoms with Crippen molar-refractivity contribution < 1.29 is 18.0 Å². The fourth-order valence-electron chi connectivity index (χ4n) is 2.66. The number of aryl methyl sites for hydroxylation is 1. The zero-order chi connectivity index (χ0) is 19.9.